The Morgan fingerprint density at radius 3 is 2.44 bits per heavy atom. The second-order valence-corrected chi connectivity index (χ2v) is 15.4. The number of alkyl halides is 3. The van der Waals surface area contributed by atoms with Crippen molar-refractivity contribution in [3.63, 3.8) is 0 Å². The van der Waals surface area contributed by atoms with E-state index < -0.39 is 47.0 Å². The molecule has 7 atom stereocenters. The van der Waals surface area contributed by atoms with Gasteiger partial charge in [-0.05, 0) is 78.3 Å². The van der Waals surface area contributed by atoms with Crippen LogP contribution < -0.4 is 24.6 Å². The summed E-state index contributed by atoms with van der Waals surface area (Å²) >= 11 is 8.48. The van der Waals surface area contributed by atoms with Gasteiger partial charge in [0.2, 0.25) is 11.8 Å². The van der Waals surface area contributed by atoms with Gasteiger partial charge < -0.3 is 19.8 Å². The molecule has 1 saturated heterocycles. The third-order valence-corrected chi connectivity index (χ3v) is 13.0. The molecule has 2 aliphatic carbocycles. The van der Waals surface area contributed by atoms with E-state index in [0.717, 1.165) is 32.7 Å². The van der Waals surface area contributed by atoms with Crippen molar-refractivity contribution in [1.29, 1.82) is 0 Å². The minimum absolute atomic E-state index is 0.169. The van der Waals surface area contributed by atoms with Gasteiger partial charge in [-0.25, -0.2) is 4.90 Å². The Balaban J connectivity index is 1.10. The predicted molar refractivity (Wildman–Crippen MR) is 181 cm³/mol. The first-order valence-corrected chi connectivity index (χ1v) is 17.8. The van der Waals surface area contributed by atoms with Crippen LogP contribution in [0.4, 0.5) is 24.5 Å². The molecule has 3 heterocycles. The topological polar surface area (TPSA) is 118 Å². The first-order chi connectivity index (χ1) is 23.9. The van der Waals surface area contributed by atoms with Crippen molar-refractivity contribution < 1.29 is 37.0 Å². The molecule has 2 bridgehead atoms. The number of rotatable bonds is 7. The molecule has 0 unspecified atom stereocenters. The third-order valence-electron chi connectivity index (χ3n) is 10.2. The van der Waals surface area contributed by atoms with E-state index >= 15 is 0 Å². The number of imide groups is 1. The van der Waals surface area contributed by atoms with E-state index in [0.29, 0.717) is 33.7 Å². The van der Waals surface area contributed by atoms with Gasteiger partial charge in [-0.1, -0.05) is 41.1 Å². The maximum atomic E-state index is 14.0. The van der Waals surface area contributed by atoms with E-state index in [2.05, 4.69) is 10.3 Å². The Kier molecular flexibility index (Phi) is 8.03. The number of benzene rings is 3. The van der Waals surface area contributed by atoms with E-state index in [-0.39, 0.29) is 40.4 Å². The number of hydrogen-bond donors (Lipinski definition) is 2. The maximum Gasteiger partial charge on any atom is 0.418 e. The van der Waals surface area contributed by atoms with Gasteiger partial charge in [0.25, 0.3) is 5.91 Å². The fraction of sp³-hybridized carbons (Fsp3) is 0.314. The second-order valence-electron chi connectivity index (χ2n) is 12.7. The number of H-pyrrole nitrogens is 1. The fourth-order valence-electron chi connectivity index (χ4n) is 8.41. The van der Waals surface area contributed by atoms with Crippen LogP contribution in [0.5, 0.6) is 11.5 Å². The number of amides is 3. The molecule has 3 amide bonds. The molecular weight excluding hydrogens is 715 g/mol. The monoisotopic (exact) mass is 741 g/mol. The highest BCUT2D eigenvalue weighted by Crippen LogP contribution is 2.69. The number of ether oxygens (including phenoxy) is 2. The van der Waals surface area contributed by atoms with Crippen LogP contribution in [0.1, 0.15) is 28.3 Å². The largest absolute Gasteiger partial charge is 0.493 e. The molecule has 4 aliphatic rings. The lowest BCUT2D eigenvalue weighted by molar-refractivity contribution is -0.137. The van der Waals surface area contributed by atoms with Crippen LogP contribution in [0.3, 0.4) is 0 Å². The number of aromatic nitrogens is 1. The number of para-hydroxylation sites is 1. The molecular formula is C35H27ClF3N3O6S2. The molecule has 1 aromatic heterocycles. The Hall–Kier alpha value is -4.27. The van der Waals surface area contributed by atoms with Crippen molar-refractivity contribution >= 4 is 63.8 Å². The summed E-state index contributed by atoms with van der Waals surface area (Å²) in [4.78, 5) is 57.4. The minimum atomic E-state index is -4.75. The lowest BCUT2D eigenvalue weighted by Gasteiger charge is -2.43. The van der Waals surface area contributed by atoms with Crippen LogP contribution in [0.2, 0.25) is 5.02 Å². The number of nitrogens with zero attached hydrogens (tertiary/aromatic N) is 1. The molecule has 2 saturated carbocycles. The number of carbonyl (C=O) groups is 3. The van der Waals surface area contributed by atoms with Gasteiger partial charge >= 0.3 is 11.0 Å². The molecule has 0 spiro atoms. The zero-order chi connectivity index (χ0) is 35.1. The second kappa shape index (κ2) is 12.2. The smallest absolute Gasteiger partial charge is 0.418 e. The molecule has 8 rings (SSSR count). The number of thiazole rings is 1. The minimum Gasteiger partial charge on any atom is -0.493 e. The molecule has 2 aliphatic heterocycles. The van der Waals surface area contributed by atoms with E-state index in [1.165, 1.54) is 37.1 Å². The van der Waals surface area contributed by atoms with E-state index in [4.69, 9.17) is 21.1 Å². The van der Waals surface area contributed by atoms with Crippen molar-refractivity contribution in [3.8, 4) is 11.5 Å². The Morgan fingerprint density at radius 1 is 1.00 bits per heavy atom. The van der Waals surface area contributed by atoms with Crippen molar-refractivity contribution in [2.75, 3.05) is 23.9 Å². The normalized spacial score (nSPS) is 26.4. The van der Waals surface area contributed by atoms with Gasteiger partial charge in [0.1, 0.15) is 0 Å². The summed E-state index contributed by atoms with van der Waals surface area (Å²) in [5.74, 6) is -3.62. The summed E-state index contributed by atoms with van der Waals surface area (Å²) in [6.45, 7) is -0.302. The number of aromatic amines is 1. The Morgan fingerprint density at radius 2 is 1.72 bits per heavy atom. The summed E-state index contributed by atoms with van der Waals surface area (Å²) in [6.07, 6.45) is -4.18. The molecule has 258 valence electrons. The van der Waals surface area contributed by atoms with Gasteiger partial charge in [-0.15, -0.1) is 11.8 Å². The van der Waals surface area contributed by atoms with Crippen LogP contribution in [0.15, 0.2) is 76.6 Å². The standard InChI is InChI=1S/C35H27ClF3N3O6S2/c1-47-23-12-15(6-11-22(23)48-14-24(43)40-17-9-7-16(36)8-10-17)25-26-18-13-19(29(26)49-31-30(25)50-34(46)41-31)28-27(18)32(44)42(33(28)45)21-5-3-2-4-20(21)35(37,38)39/h2-12,18-19,25-29H,13-14H2,1H3,(H,40,43)(H,41,46)/t18-,19-,25+,26-,27+,28+,29-/m1/s1. The van der Waals surface area contributed by atoms with Crippen LogP contribution in [0.25, 0.3) is 0 Å². The predicted octanol–water partition coefficient (Wildman–Crippen LogP) is 6.81. The number of thioether (sulfide) groups is 1. The third kappa shape index (κ3) is 5.30. The number of hydrogen-bond acceptors (Lipinski definition) is 8. The first-order valence-electron chi connectivity index (χ1n) is 15.7. The summed E-state index contributed by atoms with van der Waals surface area (Å²) < 4.78 is 53.5. The number of methoxy groups -OCH3 is 1. The molecule has 2 N–H and O–H groups in total. The lowest BCUT2D eigenvalue weighted by atomic mass is 9.68. The zero-order valence-corrected chi connectivity index (χ0v) is 28.4. The zero-order valence-electron chi connectivity index (χ0n) is 26.0. The van der Waals surface area contributed by atoms with Crippen molar-refractivity contribution in [3.05, 3.63) is 97.4 Å². The summed E-state index contributed by atoms with van der Waals surface area (Å²) in [6, 6.07) is 16.6. The highest BCUT2D eigenvalue weighted by Gasteiger charge is 2.70. The molecule has 15 heteroatoms. The van der Waals surface area contributed by atoms with E-state index in [9.17, 15) is 32.3 Å². The van der Waals surface area contributed by atoms with Gasteiger partial charge in [0.15, 0.2) is 18.1 Å². The highest BCUT2D eigenvalue weighted by atomic mass is 35.5. The SMILES string of the molecule is COc1cc([C@@H]2c3sc(=O)[nH]c3S[C@@H]3[C@@H]4C[C@@H]([C@@H]5C(=O)N(c6ccccc6C(F)(F)F)C(=O)[C@@H]45)[C@H]23)ccc1OCC(=O)Nc1ccc(Cl)cc1. The van der Waals surface area contributed by atoms with E-state index in [1.807, 2.05) is 6.07 Å². The maximum absolute atomic E-state index is 14.0. The Bertz CT molecular complexity index is 2100. The van der Waals surface area contributed by atoms with Gasteiger partial charge in [-0.2, -0.15) is 13.2 Å². The molecule has 0 radical (unpaired) electrons. The molecule has 3 aromatic carbocycles. The summed E-state index contributed by atoms with van der Waals surface area (Å²) in [5, 5.41) is 3.79. The van der Waals surface area contributed by atoms with E-state index in [1.54, 1.807) is 36.4 Å². The van der Waals surface area contributed by atoms with Gasteiger partial charge in [0.05, 0.1) is 35.2 Å². The number of nitrogens with one attached hydrogen (secondary N) is 2. The van der Waals surface area contributed by atoms with Crippen LogP contribution >= 0.6 is 34.7 Å². The average Bonchev–Trinajstić information content (AvgIpc) is 3.83. The van der Waals surface area contributed by atoms with Crippen molar-refractivity contribution in [2.24, 2.45) is 29.6 Å². The van der Waals surface area contributed by atoms with Crippen molar-refractivity contribution in [1.82, 2.24) is 4.98 Å². The number of carbonyl (C=O) groups excluding carboxylic acids is 3. The molecule has 4 aromatic rings. The summed E-state index contributed by atoms with van der Waals surface area (Å²) in [5.41, 5.74) is -0.136. The van der Waals surface area contributed by atoms with Gasteiger partial charge in [0, 0.05) is 26.8 Å². The molecule has 9 nitrogen and oxygen atoms in total. The Labute approximate surface area is 296 Å². The average molecular weight is 742 g/mol. The molecule has 50 heavy (non-hydrogen) atoms. The first kappa shape index (κ1) is 32.9. The van der Waals surface area contributed by atoms with Crippen LogP contribution in [-0.4, -0.2) is 41.7 Å². The quantitative estimate of drug-likeness (QED) is 0.200. The van der Waals surface area contributed by atoms with Crippen LogP contribution in [-0.2, 0) is 20.6 Å². The fourth-order valence-corrected chi connectivity index (χ4v) is 11.4. The highest BCUT2D eigenvalue weighted by molar-refractivity contribution is 8.00. The van der Waals surface area contributed by atoms with Crippen molar-refractivity contribution in [2.45, 2.75) is 28.8 Å². The van der Waals surface area contributed by atoms with Crippen LogP contribution in [0, 0.1) is 29.6 Å². The number of anilines is 2. The molecule has 3 fully saturated rings. The number of fused-ring (bicyclic) bond motifs is 9. The lowest BCUT2D eigenvalue weighted by Crippen LogP contribution is -2.42. The summed E-state index contributed by atoms with van der Waals surface area (Å²) in [7, 11) is 1.47. The van der Waals surface area contributed by atoms with Gasteiger partial charge in [-0.3, -0.25) is 19.2 Å². The number of halogens is 4.